The molecule has 21 heavy (non-hydrogen) atoms. The van der Waals surface area contributed by atoms with Crippen LogP contribution in [-0.2, 0) is 6.54 Å². The number of rotatable bonds is 3. The van der Waals surface area contributed by atoms with Gasteiger partial charge in [0.2, 0.25) is 0 Å². The summed E-state index contributed by atoms with van der Waals surface area (Å²) in [6, 6.07) is 18.0. The van der Waals surface area contributed by atoms with Crippen molar-refractivity contribution in [1.82, 2.24) is 0 Å². The maximum Gasteiger partial charge on any atom is 0.0614 e. The highest BCUT2D eigenvalue weighted by Gasteiger charge is 2.06. The lowest BCUT2D eigenvalue weighted by Crippen LogP contribution is -2.03. The van der Waals surface area contributed by atoms with Gasteiger partial charge in [-0.05, 0) is 28.5 Å². The van der Waals surface area contributed by atoms with Gasteiger partial charge < -0.3 is 11.1 Å². The summed E-state index contributed by atoms with van der Waals surface area (Å²) in [6.45, 7) is 0.670. The van der Waals surface area contributed by atoms with Crippen LogP contribution in [0.4, 0.5) is 11.4 Å². The van der Waals surface area contributed by atoms with Crippen LogP contribution in [-0.4, -0.2) is 0 Å². The van der Waals surface area contributed by atoms with Crippen molar-refractivity contribution < 1.29 is 0 Å². The van der Waals surface area contributed by atoms with Gasteiger partial charge in [-0.15, -0.1) is 0 Å². The molecule has 0 amide bonds. The molecule has 0 aliphatic rings. The molecule has 0 spiro atoms. The Hall–Kier alpha value is -1.90. The molecule has 2 nitrogen and oxygen atoms in total. The van der Waals surface area contributed by atoms with Gasteiger partial charge in [-0.2, -0.15) is 0 Å². The van der Waals surface area contributed by atoms with E-state index in [1.165, 1.54) is 16.3 Å². The zero-order chi connectivity index (χ0) is 14.8. The van der Waals surface area contributed by atoms with Gasteiger partial charge in [-0.3, -0.25) is 0 Å². The molecule has 0 heterocycles. The van der Waals surface area contributed by atoms with Gasteiger partial charge in [-0.25, -0.2) is 0 Å². The second-order valence-corrected chi connectivity index (χ2v) is 5.66. The zero-order valence-corrected chi connectivity index (χ0v) is 12.7. The number of benzene rings is 3. The maximum absolute atomic E-state index is 6.04. The van der Waals surface area contributed by atoms with Crippen LogP contribution < -0.4 is 11.1 Å². The number of hydrogen-bond acceptors (Lipinski definition) is 2. The highest BCUT2D eigenvalue weighted by Crippen LogP contribution is 2.31. The van der Waals surface area contributed by atoms with E-state index < -0.39 is 0 Å². The first kappa shape index (κ1) is 14.1. The topological polar surface area (TPSA) is 38.0 Å². The van der Waals surface area contributed by atoms with E-state index in [1.54, 1.807) is 12.1 Å². The van der Waals surface area contributed by atoms with E-state index in [-0.39, 0.29) is 0 Å². The predicted octanol–water partition coefficient (Wildman–Crippen LogP) is 5.34. The molecule has 0 unspecified atom stereocenters. The molecule has 106 valence electrons. The van der Waals surface area contributed by atoms with E-state index in [1.807, 2.05) is 12.1 Å². The lowest BCUT2D eigenvalue weighted by Gasteiger charge is -2.12. The summed E-state index contributed by atoms with van der Waals surface area (Å²) < 4.78 is 0. The molecule has 3 rings (SSSR count). The Morgan fingerprint density at radius 1 is 0.905 bits per heavy atom. The molecule has 0 aliphatic heterocycles. The van der Waals surface area contributed by atoms with Gasteiger partial charge in [0.15, 0.2) is 0 Å². The molecule has 0 aliphatic carbocycles. The normalized spacial score (nSPS) is 10.8. The minimum Gasteiger partial charge on any atom is -0.397 e. The van der Waals surface area contributed by atoms with Crippen molar-refractivity contribution in [3.05, 3.63) is 70.2 Å². The van der Waals surface area contributed by atoms with E-state index in [0.29, 0.717) is 22.3 Å². The van der Waals surface area contributed by atoms with Crippen molar-refractivity contribution >= 4 is 45.3 Å². The summed E-state index contributed by atoms with van der Waals surface area (Å²) in [5.74, 6) is 0. The summed E-state index contributed by atoms with van der Waals surface area (Å²) in [4.78, 5) is 0. The van der Waals surface area contributed by atoms with Crippen molar-refractivity contribution in [2.24, 2.45) is 0 Å². The Bertz CT molecular complexity index is 795. The third-order valence-corrected chi connectivity index (χ3v) is 4.16. The summed E-state index contributed by atoms with van der Waals surface area (Å²) in [5, 5.41) is 6.73. The van der Waals surface area contributed by atoms with Crippen LogP contribution in [0, 0.1) is 0 Å². The van der Waals surface area contributed by atoms with Gasteiger partial charge >= 0.3 is 0 Å². The molecule has 3 N–H and O–H groups in total. The van der Waals surface area contributed by atoms with Gasteiger partial charge in [0, 0.05) is 6.54 Å². The lowest BCUT2D eigenvalue weighted by atomic mass is 10.0. The van der Waals surface area contributed by atoms with E-state index in [0.717, 1.165) is 5.69 Å². The molecule has 3 aromatic rings. The standard InChI is InChI=1S/C17H14Cl2N2/c18-14-8-16(20)17(9-15(14)19)21-10-12-6-3-5-11-4-1-2-7-13(11)12/h1-9,21H,10,20H2. The van der Waals surface area contributed by atoms with E-state index in [4.69, 9.17) is 28.9 Å². The second kappa shape index (κ2) is 5.84. The summed E-state index contributed by atoms with van der Waals surface area (Å²) >= 11 is 12.0. The first-order valence-electron chi connectivity index (χ1n) is 6.60. The smallest absolute Gasteiger partial charge is 0.0614 e. The molecule has 0 aromatic heterocycles. The highest BCUT2D eigenvalue weighted by atomic mass is 35.5. The van der Waals surface area contributed by atoms with Crippen molar-refractivity contribution in [3.63, 3.8) is 0 Å². The molecular formula is C17H14Cl2N2. The lowest BCUT2D eigenvalue weighted by molar-refractivity contribution is 1.17. The number of nitrogens with one attached hydrogen (secondary N) is 1. The van der Waals surface area contributed by atoms with Crippen LogP contribution in [0.15, 0.2) is 54.6 Å². The summed E-state index contributed by atoms with van der Waals surface area (Å²) in [6.07, 6.45) is 0. The van der Waals surface area contributed by atoms with Crippen molar-refractivity contribution in [1.29, 1.82) is 0 Å². The fourth-order valence-electron chi connectivity index (χ4n) is 2.35. The van der Waals surface area contributed by atoms with Crippen molar-refractivity contribution in [2.45, 2.75) is 6.54 Å². The maximum atomic E-state index is 6.04. The molecule has 0 atom stereocenters. The SMILES string of the molecule is Nc1cc(Cl)c(Cl)cc1NCc1cccc2ccccc12. The first-order valence-corrected chi connectivity index (χ1v) is 7.36. The number of anilines is 2. The molecule has 0 fully saturated rings. The van der Waals surface area contributed by atoms with Crippen molar-refractivity contribution in [2.75, 3.05) is 11.1 Å². The molecular weight excluding hydrogens is 303 g/mol. The second-order valence-electron chi connectivity index (χ2n) is 4.85. The van der Waals surface area contributed by atoms with E-state index >= 15 is 0 Å². The Morgan fingerprint density at radius 2 is 1.62 bits per heavy atom. The average molecular weight is 317 g/mol. The van der Waals surface area contributed by atoms with Crippen molar-refractivity contribution in [3.8, 4) is 0 Å². The summed E-state index contributed by atoms with van der Waals surface area (Å²) in [5.41, 5.74) is 8.55. The third-order valence-electron chi connectivity index (χ3n) is 3.44. The number of nitrogens with two attached hydrogens (primary N) is 1. The molecule has 4 heteroatoms. The van der Waals surface area contributed by atoms with E-state index in [2.05, 4.69) is 35.6 Å². The van der Waals surface area contributed by atoms with Gasteiger partial charge in [-0.1, -0.05) is 65.7 Å². The largest absolute Gasteiger partial charge is 0.397 e. The number of hydrogen-bond donors (Lipinski definition) is 2. The minimum atomic E-state index is 0.463. The molecule has 0 saturated carbocycles. The fraction of sp³-hybridized carbons (Fsp3) is 0.0588. The molecule has 3 aromatic carbocycles. The van der Waals surface area contributed by atoms with Crippen LogP contribution in [0.5, 0.6) is 0 Å². The van der Waals surface area contributed by atoms with Crippen LogP contribution >= 0.6 is 23.2 Å². The Kier molecular flexibility index (Phi) is 3.91. The predicted molar refractivity (Wildman–Crippen MR) is 92.1 cm³/mol. The Labute approximate surface area is 133 Å². The average Bonchev–Trinajstić information content (AvgIpc) is 2.49. The molecule has 0 bridgehead atoms. The first-order chi connectivity index (χ1) is 10.1. The molecule has 0 saturated heterocycles. The Morgan fingerprint density at radius 3 is 2.48 bits per heavy atom. The van der Waals surface area contributed by atoms with Crippen LogP contribution in [0.1, 0.15) is 5.56 Å². The number of halogens is 2. The molecule has 0 radical (unpaired) electrons. The zero-order valence-electron chi connectivity index (χ0n) is 11.2. The minimum absolute atomic E-state index is 0.463. The van der Waals surface area contributed by atoms with E-state index in [9.17, 15) is 0 Å². The number of fused-ring (bicyclic) bond motifs is 1. The van der Waals surface area contributed by atoms with Gasteiger partial charge in [0.25, 0.3) is 0 Å². The third kappa shape index (κ3) is 2.92. The Balaban J connectivity index is 1.89. The number of nitrogen functional groups attached to an aromatic ring is 1. The fourth-order valence-corrected chi connectivity index (χ4v) is 2.69. The van der Waals surface area contributed by atoms with Gasteiger partial charge in [0.05, 0.1) is 21.4 Å². The summed E-state index contributed by atoms with van der Waals surface area (Å²) in [7, 11) is 0. The van der Waals surface area contributed by atoms with Gasteiger partial charge in [0.1, 0.15) is 0 Å². The van der Waals surface area contributed by atoms with Crippen LogP contribution in [0.3, 0.4) is 0 Å². The van der Waals surface area contributed by atoms with Crippen LogP contribution in [0.25, 0.3) is 10.8 Å². The monoisotopic (exact) mass is 316 g/mol. The highest BCUT2D eigenvalue weighted by molar-refractivity contribution is 6.42. The quantitative estimate of drug-likeness (QED) is 0.640. The van der Waals surface area contributed by atoms with Crippen LogP contribution in [0.2, 0.25) is 10.0 Å².